The van der Waals surface area contributed by atoms with E-state index in [2.05, 4.69) is 48.5 Å². The van der Waals surface area contributed by atoms with Gasteiger partial charge in [-0.2, -0.15) is 0 Å². The quantitative estimate of drug-likeness (QED) is 0.483. The molecule has 5 heteroatoms. The van der Waals surface area contributed by atoms with Crippen LogP contribution in [0.25, 0.3) is 0 Å². The fraction of sp³-hybridized carbons (Fsp3) is 1.00. The van der Waals surface area contributed by atoms with Crippen LogP contribution in [-0.4, -0.2) is 25.9 Å². The van der Waals surface area contributed by atoms with Gasteiger partial charge in [-0.25, -0.2) is 0 Å². The predicted octanol–water partition coefficient (Wildman–Crippen LogP) is 5.27. The lowest BCUT2D eigenvalue weighted by Gasteiger charge is -2.41. The average Bonchev–Trinajstić information content (AvgIpc) is 2.49. The molecule has 0 bridgehead atoms. The second kappa shape index (κ2) is 9.50. The van der Waals surface area contributed by atoms with Gasteiger partial charge in [0.1, 0.15) is 0 Å². The zero-order valence-electron chi connectivity index (χ0n) is 14.3. The Balaban J connectivity index is 5.06. The lowest BCUT2D eigenvalue weighted by molar-refractivity contribution is 0.372. The van der Waals surface area contributed by atoms with Gasteiger partial charge < -0.3 is 8.23 Å². The van der Waals surface area contributed by atoms with Crippen LogP contribution in [0.3, 0.4) is 0 Å². The molecule has 0 amide bonds. The zero-order chi connectivity index (χ0) is 14.9. The lowest BCUT2D eigenvalue weighted by Crippen LogP contribution is -2.54. The molecule has 0 heterocycles. The Morgan fingerprint density at radius 2 is 1.11 bits per heavy atom. The highest BCUT2D eigenvalue weighted by Gasteiger charge is 2.43. The molecule has 0 aromatic heterocycles. The number of hydrogen-bond acceptors (Lipinski definition) is 2. The van der Waals surface area contributed by atoms with Crippen LogP contribution in [0.2, 0.25) is 42.3 Å². The van der Waals surface area contributed by atoms with Crippen LogP contribution in [0, 0.1) is 0 Å². The molecule has 2 nitrogen and oxygen atoms in total. The summed E-state index contributed by atoms with van der Waals surface area (Å²) in [6, 6.07) is 8.46. The summed E-state index contributed by atoms with van der Waals surface area (Å²) in [4.78, 5) is 0. The first-order valence-corrected chi connectivity index (χ1v) is 15.2. The summed E-state index contributed by atoms with van der Waals surface area (Å²) >= 11 is 0. The highest BCUT2D eigenvalue weighted by molar-refractivity contribution is 6.86. The molecule has 19 heavy (non-hydrogen) atoms. The molecule has 0 radical (unpaired) electrons. The minimum atomic E-state index is -1.92. The van der Waals surface area contributed by atoms with Crippen molar-refractivity contribution >= 4 is 25.9 Å². The SMILES string of the molecule is CC[SiH](CC)O[Si](CC)(CC)O[Si](CC)(CC)CC. The predicted molar refractivity (Wildman–Crippen MR) is 94.2 cm³/mol. The standard InChI is InChI=1S/C14H36O2Si3/c1-8-17(9-2)15-19(13-6,14-7)16-18(10-3,11-4)12-5/h17H,8-14H2,1-7H3. The first kappa shape index (κ1) is 19.6. The van der Waals surface area contributed by atoms with Crippen LogP contribution in [0.1, 0.15) is 48.5 Å². The van der Waals surface area contributed by atoms with Gasteiger partial charge in [0.25, 0.3) is 0 Å². The highest BCUT2D eigenvalue weighted by Crippen LogP contribution is 2.31. The van der Waals surface area contributed by atoms with Crippen molar-refractivity contribution in [3.05, 3.63) is 0 Å². The van der Waals surface area contributed by atoms with Gasteiger partial charge in [-0.1, -0.05) is 48.5 Å². The van der Waals surface area contributed by atoms with Gasteiger partial charge in [0, 0.05) is 0 Å². The van der Waals surface area contributed by atoms with Gasteiger partial charge in [0.05, 0.1) is 0 Å². The molecule has 0 rings (SSSR count). The van der Waals surface area contributed by atoms with Crippen LogP contribution in [0.5, 0.6) is 0 Å². The fourth-order valence-corrected chi connectivity index (χ4v) is 17.0. The zero-order valence-corrected chi connectivity index (χ0v) is 17.5. The third-order valence-electron chi connectivity index (χ3n) is 4.71. The molecule has 0 aromatic rings. The topological polar surface area (TPSA) is 18.5 Å². The molecule has 0 aliphatic rings. The molecular weight excluding hydrogens is 284 g/mol. The summed E-state index contributed by atoms with van der Waals surface area (Å²) in [5.41, 5.74) is 0. The van der Waals surface area contributed by atoms with Crippen LogP contribution in [0.4, 0.5) is 0 Å². The molecule has 0 unspecified atom stereocenters. The summed E-state index contributed by atoms with van der Waals surface area (Å²) in [5, 5.41) is 0. The second-order valence-electron chi connectivity index (χ2n) is 5.52. The number of hydrogen-bond donors (Lipinski definition) is 0. The first-order chi connectivity index (χ1) is 9.00. The summed E-state index contributed by atoms with van der Waals surface area (Å²) in [5.74, 6) is 0. The molecule has 0 aromatic carbocycles. The maximum Gasteiger partial charge on any atom is 0.316 e. The van der Waals surface area contributed by atoms with Crippen LogP contribution in [-0.2, 0) is 8.23 Å². The Hall–Kier alpha value is 0.571. The van der Waals surface area contributed by atoms with Gasteiger partial charge in [-0.05, 0) is 42.3 Å². The van der Waals surface area contributed by atoms with Crippen molar-refractivity contribution in [3.8, 4) is 0 Å². The normalized spacial score (nSPS) is 13.3. The summed E-state index contributed by atoms with van der Waals surface area (Å²) in [6.45, 7) is 16.1. The van der Waals surface area contributed by atoms with Crippen molar-refractivity contribution in [2.24, 2.45) is 0 Å². The van der Waals surface area contributed by atoms with E-state index in [9.17, 15) is 0 Å². The van der Waals surface area contributed by atoms with E-state index in [1.807, 2.05) is 0 Å². The van der Waals surface area contributed by atoms with E-state index in [4.69, 9.17) is 8.23 Å². The Morgan fingerprint density at radius 3 is 1.37 bits per heavy atom. The van der Waals surface area contributed by atoms with Gasteiger partial charge in [-0.15, -0.1) is 0 Å². The Bertz CT molecular complexity index is 216. The van der Waals surface area contributed by atoms with E-state index in [0.29, 0.717) is 0 Å². The molecule has 0 fully saturated rings. The molecule has 0 saturated heterocycles. The molecule has 0 N–H and O–H groups in total. The Kier molecular flexibility index (Phi) is 9.78. The molecular formula is C14H36O2Si3. The minimum absolute atomic E-state index is 1.02. The van der Waals surface area contributed by atoms with E-state index in [0.717, 1.165) is 12.1 Å². The average molecular weight is 321 g/mol. The van der Waals surface area contributed by atoms with Crippen molar-refractivity contribution in [1.29, 1.82) is 0 Å². The van der Waals surface area contributed by atoms with Gasteiger partial charge in [0.2, 0.25) is 0 Å². The van der Waals surface area contributed by atoms with Crippen molar-refractivity contribution < 1.29 is 8.23 Å². The monoisotopic (exact) mass is 320 g/mol. The van der Waals surface area contributed by atoms with Gasteiger partial charge in [0.15, 0.2) is 17.4 Å². The van der Waals surface area contributed by atoms with E-state index in [-0.39, 0.29) is 0 Å². The van der Waals surface area contributed by atoms with Crippen molar-refractivity contribution in [1.82, 2.24) is 0 Å². The molecule has 0 aliphatic carbocycles. The second-order valence-corrected chi connectivity index (χ2v) is 17.9. The molecule has 116 valence electrons. The largest absolute Gasteiger partial charge is 0.439 e. The third kappa shape index (κ3) is 5.46. The van der Waals surface area contributed by atoms with Crippen LogP contribution in [0.15, 0.2) is 0 Å². The molecule has 0 saturated carbocycles. The van der Waals surface area contributed by atoms with E-state index in [1.54, 1.807) is 0 Å². The smallest absolute Gasteiger partial charge is 0.316 e. The van der Waals surface area contributed by atoms with E-state index < -0.39 is 25.9 Å². The highest BCUT2D eigenvalue weighted by atomic mass is 28.5. The molecule has 0 atom stereocenters. The van der Waals surface area contributed by atoms with E-state index >= 15 is 0 Å². The van der Waals surface area contributed by atoms with Crippen molar-refractivity contribution in [2.45, 2.75) is 90.8 Å². The third-order valence-corrected chi connectivity index (χ3v) is 18.8. The summed E-state index contributed by atoms with van der Waals surface area (Å²) < 4.78 is 13.6. The maximum atomic E-state index is 6.90. The summed E-state index contributed by atoms with van der Waals surface area (Å²) in [6.07, 6.45) is 0. The first-order valence-electron chi connectivity index (χ1n) is 8.38. The molecule has 0 aliphatic heterocycles. The van der Waals surface area contributed by atoms with Crippen LogP contribution >= 0.6 is 0 Å². The molecule has 0 spiro atoms. The summed E-state index contributed by atoms with van der Waals surface area (Å²) in [7, 11) is -4.47. The minimum Gasteiger partial charge on any atom is -0.439 e. The Labute approximate surface area is 125 Å². The Morgan fingerprint density at radius 1 is 0.684 bits per heavy atom. The van der Waals surface area contributed by atoms with Gasteiger partial charge in [-0.3, -0.25) is 0 Å². The lowest BCUT2D eigenvalue weighted by atomic mass is 10.9. The van der Waals surface area contributed by atoms with Crippen molar-refractivity contribution in [2.75, 3.05) is 0 Å². The van der Waals surface area contributed by atoms with Gasteiger partial charge >= 0.3 is 8.56 Å². The fourth-order valence-electron chi connectivity index (χ4n) is 2.71. The van der Waals surface area contributed by atoms with E-state index in [1.165, 1.54) is 30.2 Å². The number of rotatable bonds is 11. The maximum absolute atomic E-state index is 6.90. The van der Waals surface area contributed by atoms with Crippen LogP contribution < -0.4 is 0 Å². The van der Waals surface area contributed by atoms with Crippen molar-refractivity contribution in [3.63, 3.8) is 0 Å².